The summed E-state index contributed by atoms with van der Waals surface area (Å²) in [6, 6.07) is 0. The molecular formula is C15H32Cl2NSiZr. The average molecular weight is 417 g/mol. The van der Waals surface area contributed by atoms with Crippen LogP contribution in [0.5, 0.6) is 0 Å². The van der Waals surface area contributed by atoms with Crippen LogP contribution in [-0.2, 0) is 21.2 Å². The maximum absolute atomic E-state index is 4.07. The molecule has 0 saturated carbocycles. The molecule has 1 N–H and O–H groups in total. The minimum absolute atomic E-state index is 0. The second kappa shape index (κ2) is 8.67. The molecule has 0 aromatic heterocycles. The van der Waals surface area contributed by atoms with Gasteiger partial charge in [0.25, 0.3) is 0 Å². The summed E-state index contributed by atoms with van der Waals surface area (Å²) in [6.07, 6.45) is 0. The molecule has 0 spiro atoms. The fraction of sp³-hybridized carbons (Fsp3) is 0.733. The van der Waals surface area contributed by atoms with Gasteiger partial charge >= 0.3 is 123 Å². The Morgan fingerprint density at radius 1 is 1.00 bits per heavy atom. The quantitative estimate of drug-likeness (QED) is 0.639. The zero-order valence-corrected chi connectivity index (χ0v) is 19.7. The van der Waals surface area contributed by atoms with Crippen LogP contribution in [0.25, 0.3) is 0 Å². The van der Waals surface area contributed by atoms with E-state index < -0.39 is 27.1 Å². The molecule has 1 atom stereocenters. The number of hydrogen-bond donors (Lipinski definition) is 1. The van der Waals surface area contributed by atoms with Gasteiger partial charge in [-0.15, -0.1) is 24.8 Å². The third-order valence-corrected chi connectivity index (χ3v) is 22.3. The molecule has 0 saturated heterocycles. The van der Waals surface area contributed by atoms with E-state index in [1.165, 1.54) is 0 Å². The van der Waals surface area contributed by atoms with Crippen LogP contribution in [0.4, 0.5) is 0 Å². The van der Waals surface area contributed by atoms with Crippen LogP contribution in [0.1, 0.15) is 48.5 Å². The van der Waals surface area contributed by atoms with Gasteiger partial charge in [0.15, 0.2) is 0 Å². The normalized spacial score (nSPS) is 19.2. The van der Waals surface area contributed by atoms with Gasteiger partial charge in [-0.25, -0.2) is 0 Å². The molecular weight excluding hydrogens is 384 g/mol. The fourth-order valence-corrected chi connectivity index (χ4v) is 21.1. The van der Waals surface area contributed by atoms with E-state index in [9.17, 15) is 0 Å². The number of nitrogens with one attached hydrogen (secondary N) is 1. The Labute approximate surface area is 147 Å². The van der Waals surface area contributed by atoms with Crippen molar-refractivity contribution in [1.82, 2.24) is 3.26 Å². The van der Waals surface area contributed by atoms with E-state index in [-0.39, 0.29) is 30.4 Å². The first-order chi connectivity index (χ1) is 8.06. The van der Waals surface area contributed by atoms with E-state index in [0.717, 1.165) is 0 Å². The Hall–Kier alpha value is 1.12. The third kappa shape index (κ3) is 5.39. The summed E-state index contributed by atoms with van der Waals surface area (Å²) < 4.78 is 5.94. The van der Waals surface area contributed by atoms with Crippen molar-refractivity contribution in [3.8, 4) is 0 Å². The van der Waals surface area contributed by atoms with Gasteiger partial charge in [-0.3, -0.25) is 0 Å². The molecule has 1 unspecified atom stereocenters. The van der Waals surface area contributed by atoms with Crippen LogP contribution < -0.4 is 3.26 Å². The molecule has 1 rings (SSSR count). The topological polar surface area (TPSA) is 12.0 Å². The first kappa shape index (κ1) is 23.4. The first-order valence-electron chi connectivity index (χ1n) is 7.10. The number of hydrogen-bond acceptors (Lipinski definition) is 1. The molecule has 0 aromatic carbocycles. The average Bonchev–Trinajstić information content (AvgIpc) is 2.39. The van der Waals surface area contributed by atoms with Crippen LogP contribution in [0, 0.1) is 5.92 Å². The van der Waals surface area contributed by atoms with Gasteiger partial charge in [-0.2, -0.15) is 0 Å². The molecule has 1 aliphatic carbocycles. The van der Waals surface area contributed by atoms with Crippen LogP contribution in [0.3, 0.4) is 0 Å². The summed E-state index contributed by atoms with van der Waals surface area (Å²) in [5.74, 6) is 0.143. The van der Waals surface area contributed by atoms with E-state index in [1.54, 1.807) is 16.7 Å². The van der Waals surface area contributed by atoms with E-state index in [0.29, 0.717) is 5.92 Å². The summed E-state index contributed by atoms with van der Waals surface area (Å²) >= 11 is -1.60. The second-order valence-corrected chi connectivity index (χ2v) is 25.2. The molecule has 0 fully saturated rings. The van der Waals surface area contributed by atoms with Crippen molar-refractivity contribution in [3.63, 3.8) is 0 Å². The summed E-state index contributed by atoms with van der Waals surface area (Å²) in [6.45, 7) is 21.5. The van der Waals surface area contributed by atoms with Crippen LogP contribution in [0.2, 0.25) is 13.1 Å². The van der Waals surface area contributed by atoms with E-state index >= 15 is 0 Å². The SMILES string of the molecule is CC1=C(C)C(C)[C]([Zr]([NH]C(C)(C)C)[SiH](C)C)=C1C.Cl.Cl. The third-order valence-electron chi connectivity index (χ3n) is 4.02. The van der Waals surface area contributed by atoms with Gasteiger partial charge in [-0.1, -0.05) is 0 Å². The minimum Gasteiger partial charge on any atom is -0.147 e. The molecule has 0 aromatic rings. The predicted molar refractivity (Wildman–Crippen MR) is 96.5 cm³/mol. The number of allylic oxidation sites excluding steroid dienone is 4. The van der Waals surface area contributed by atoms with Crippen LogP contribution in [0.15, 0.2) is 20.0 Å². The van der Waals surface area contributed by atoms with Gasteiger partial charge in [-0.05, 0) is 0 Å². The predicted octanol–water partition coefficient (Wildman–Crippen LogP) is 4.99. The summed E-state index contributed by atoms with van der Waals surface area (Å²) in [7, 11) is 0. The van der Waals surface area contributed by atoms with Crippen molar-refractivity contribution in [2.75, 3.05) is 0 Å². The molecule has 119 valence electrons. The first-order valence-corrected chi connectivity index (χ1v) is 16.7. The monoisotopic (exact) mass is 414 g/mol. The Bertz CT molecular complexity index is 397. The molecule has 5 heteroatoms. The maximum Gasteiger partial charge on any atom is -0.147 e. The van der Waals surface area contributed by atoms with Crippen LogP contribution >= 0.6 is 24.8 Å². The van der Waals surface area contributed by atoms with Crippen molar-refractivity contribution in [3.05, 3.63) is 20.0 Å². The van der Waals surface area contributed by atoms with Gasteiger partial charge in [0, 0.05) is 0 Å². The van der Waals surface area contributed by atoms with Gasteiger partial charge in [0.2, 0.25) is 0 Å². The molecule has 20 heavy (non-hydrogen) atoms. The summed E-state index contributed by atoms with van der Waals surface area (Å²) in [5, 5.41) is 0. The summed E-state index contributed by atoms with van der Waals surface area (Å²) in [5.41, 5.74) is 5.10. The van der Waals surface area contributed by atoms with Crippen LogP contribution in [-0.4, -0.2) is 11.5 Å². The Balaban J connectivity index is 0. The minimum atomic E-state index is -1.60. The van der Waals surface area contributed by atoms with E-state index in [4.69, 9.17) is 0 Å². The molecule has 1 aliphatic rings. The smallest absolute Gasteiger partial charge is 0.147 e. The van der Waals surface area contributed by atoms with Gasteiger partial charge in [0.05, 0.1) is 0 Å². The van der Waals surface area contributed by atoms with Gasteiger partial charge in [0.1, 0.15) is 0 Å². The summed E-state index contributed by atoms with van der Waals surface area (Å²) in [4.78, 5) is 0. The van der Waals surface area contributed by atoms with Crippen molar-refractivity contribution in [2.24, 2.45) is 5.92 Å². The fourth-order valence-electron chi connectivity index (χ4n) is 2.73. The molecule has 0 bridgehead atoms. The van der Waals surface area contributed by atoms with E-state index in [1.807, 2.05) is 3.28 Å². The van der Waals surface area contributed by atoms with Crippen molar-refractivity contribution < 1.29 is 21.2 Å². The second-order valence-electron chi connectivity index (χ2n) is 7.01. The zero-order chi connectivity index (χ0) is 14.2. The Morgan fingerprint density at radius 3 is 1.70 bits per heavy atom. The zero-order valence-electron chi connectivity index (χ0n) is 14.5. The molecule has 0 aliphatic heterocycles. The Morgan fingerprint density at radius 2 is 1.45 bits per heavy atom. The maximum atomic E-state index is 4.07. The van der Waals surface area contributed by atoms with Gasteiger partial charge < -0.3 is 0 Å². The Kier molecular flexibility index (Phi) is 10.1. The molecule has 1 nitrogen and oxygen atoms in total. The van der Waals surface area contributed by atoms with E-state index in [2.05, 4.69) is 64.8 Å². The largest absolute Gasteiger partial charge is 0.147 e. The molecule has 0 amide bonds. The standard InChI is InChI=1S/C9H13.C4H10N.C2H7Si.2ClH.Zr/c1-6-5-7(2)9(4)8(6)3;1-4(2,3)5;1-3-2;;;/h6H,1-4H3;5H,1-3H3;3H,1-2H3;2*1H;/q;-1;;;;+1. The molecule has 0 heterocycles. The van der Waals surface area contributed by atoms with Crippen molar-refractivity contribution in [2.45, 2.75) is 67.1 Å². The number of halogens is 2. The number of rotatable bonds is 3. The molecule has 0 radical (unpaired) electrons. The van der Waals surface area contributed by atoms with Crippen molar-refractivity contribution >= 4 is 30.7 Å². The van der Waals surface area contributed by atoms with Crippen molar-refractivity contribution in [1.29, 1.82) is 0 Å².